The Kier molecular flexibility index (Phi) is 4.48. The molecule has 17 heavy (non-hydrogen) atoms. The summed E-state index contributed by atoms with van der Waals surface area (Å²) < 4.78 is 23.9. The molecule has 2 atom stereocenters. The molecule has 1 rings (SSSR count). The van der Waals surface area contributed by atoms with Crippen molar-refractivity contribution >= 4 is 0 Å². The number of hydrogen-bond acceptors (Lipinski definition) is 3. The number of ether oxygens (including phenoxy) is 2. The van der Waals surface area contributed by atoms with Gasteiger partial charge in [-0.1, -0.05) is 12.1 Å². The fourth-order valence-electron chi connectivity index (χ4n) is 1.63. The molecule has 0 amide bonds. The number of benzene rings is 1. The van der Waals surface area contributed by atoms with E-state index in [0.717, 1.165) is 0 Å². The van der Waals surface area contributed by atoms with Gasteiger partial charge in [0.25, 0.3) is 0 Å². The van der Waals surface area contributed by atoms with Gasteiger partial charge in [-0.3, -0.25) is 0 Å². The summed E-state index contributed by atoms with van der Waals surface area (Å²) in [5, 5.41) is 10.2. The third-order valence-electron chi connectivity index (χ3n) is 3.04. The van der Waals surface area contributed by atoms with Gasteiger partial charge in [0.2, 0.25) is 0 Å². The Morgan fingerprint density at radius 1 is 1.41 bits per heavy atom. The lowest BCUT2D eigenvalue weighted by atomic mass is 9.91. The van der Waals surface area contributed by atoms with Gasteiger partial charge in [-0.25, -0.2) is 4.39 Å². The van der Waals surface area contributed by atoms with Crippen LogP contribution in [0.5, 0.6) is 5.75 Å². The first-order valence-corrected chi connectivity index (χ1v) is 5.49. The molecule has 0 aliphatic heterocycles. The van der Waals surface area contributed by atoms with E-state index in [1.807, 2.05) is 0 Å². The number of hydrogen-bond donors (Lipinski definition) is 1. The van der Waals surface area contributed by atoms with Crippen LogP contribution in [-0.4, -0.2) is 31.0 Å². The molecule has 1 aromatic carbocycles. The summed E-state index contributed by atoms with van der Waals surface area (Å²) in [6.07, 6.45) is -0.210. The molecule has 3 nitrogen and oxygen atoms in total. The Morgan fingerprint density at radius 2 is 2.06 bits per heavy atom. The zero-order valence-electron chi connectivity index (χ0n) is 10.7. The number of aliphatic hydroxyl groups is 1. The van der Waals surface area contributed by atoms with E-state index in [9.17, 15) is 9.50 Å². The first kappa shape index (κ1) is 13.9. The second-order valence-corrected chi connectivity index (χ2v) is 4.35. The topological polar surface area (TPSA) is 38.7 Å². The predicted octanol–water partition coefficient (Wildman–Crippen LogP) is 2.16. The minimum absolute atomic E-state index is 0.172. The molecule has 2 unspecified atom stereocenters. The van der Waals surface area contributed by atoms with Crippen molar-refractivity contribution in [2.75, 3.05) is 14.2 Å². The molecule has 1 aromatic rings. The molecule has 0 bridgehead atoms. The van der Waals surface area contributed by atoms with Crippen LogP contribution in [0.25, 0.3) is 0 Å². The number of rotatable bonds is 5. The lowest BCUT2D eigenvalue weighted by Crippen LogP contribution is -2.40. The Morgan fingerprint density at radius 3 is 2.59 bits per heavy atom. The standard InChI is InChI=1S/C13H19FO3/c1-9(16-3)13(2,15)8-10-6-5-7-11(17-4)12(10)14/h5-7,9,15H,8H2,1-4H3. The molecule has 0 saturated carbocycles. The molecule has 0 aliphatic rings. The van der Waals surface area contributed by atoms with Gasteiger partial charge in [0, 0.05) is 13.5 Å². The fourth-order valence-corrected chi connectivity index (χ4v) is 1.63. The first-order valence-electron chi connectivity index (χ1n) is 5.49. The van der Waals surface area contributed by atoms with Crippen LogP contribution >= 0.6 is 0 Å². The van der Waals surface area contributed by atoms with Gasteiger partial charge >= 0.3 is 0 Å². The maximum absolute atomic E-state index is 13.9. The van der Waals surface area contributed by atoms with Crippen LogP contribution in [0, 0.1) is 5.82 Å². The van der Waals surface area contributed by atoms with Crippen molar-refractivity contribution in [2.45, 2.75) is 32.0 Å². The van der Waals surface area contributed by atoms with E-state index in [-0.39, 0.29) is 18.3 Å². The molecule has 0 heterocycles. The molecular formula is C13H19FO3. The zero-order chi connectivity index (χ0) is 13.1. The van der Waals surface area contributed by atoms with Crippen LogP contribution in [0.1, 0.15) is 19.4 Å². The van der Waals surface area contributed by atoms with Gasteiger partial charge in [-0.15, -0.1) is 0 Å². The van der Waals surface area contributed by atoms with Crippen LogP contribution < -0.4 is 4.74 Å². The van der Waals surface area contributed by atoms with Crippen LogP contribution in [0.15, 0.2) is 18.2 Å². The van der Waals surface area contributed by atoms with Crippen molar-refractivity contribution in [1.29, 1.82) is 0 Å². The third-order valence-corrected chi connectivity index (χ3v) is 3.04. The van der Waals surface area contributed by atoms with E-state index in [0.29, 0.717) is 5.56 Å². The van der Waals surface area contributed by atoms with Gasteiger partial charge in [-0.2, -0.15) is 0 Å². The zero-order valence-corrected chi connectivity index (χ0v) is 10.7. The quantitative estimate of drug-likeness (QED) is 0.860. The number of methoxy groups -OCH3 is 2. The van der Waals surface area contributed by atoms with Crippen molar-refractivity contribution in [1.82, 2.24) is 0 Å². The highest BCUT2D eigenvalue weighted by Crippen LogP contribution is 2.25. The molecule has 96 valence electrons. The Balaban J connectivity index is 2.95. The average Bonchev–Trinajstić information content (AvgIpc) is 2.30. The maximum Gasteiger partial charge on any atom is 0.168 e. The molecule has 0 saturated heterocycles. The lowest BCUT2D eigenvalue weighted by molar-refractivity contribution is -0.0719. The van der Waals surface area contributed by atoms with Crippen molar-refractivity contribution in [2.24, 2.45) is 0 Å². The highest BCUT2D eigenvalue weighted by Gasteiger charge is 2.30. The normalized spacial score (nSPS) is 16.4. The van der Waals surface area contributed by atoms with E-state index in [2.05, 4.69) is 0 Å². The van der Waals surface area contributed by atoms with Crippen LogP contribution in [0.4, 0.5) is 4.39 Å². The molecule has 0 spiro atoms. The van der Waals surface area contributed by atoms with Crippen molar-refractivity contribution in [3.63, 3.8) is 0 Å². The summed E-state index contributed by atoms with van der Waals surface area (Å²) in [7, 11) is 2.93. The van der Waals surface area contributed by atoms with E-state index in [4.69, 9.17) is 9.47 Å². The van der Waals surface area contributed by atoms with E-state index in [1.165, 1.54) is 14.2 Å². The highest BCUT2D eigenvalue weighted by molar-refractivity contribution is 5.32. The largest absolute Gasteiger partial charge is 0.494 e. The SMILES string of the molecule is COc1cccc(CC(C)(O)C(C)OC)c1F. The second-order valence-electron chi connectivity index (χ2n) is 4.35. The van der Waals surface area contributed by atoms with E-state index >= 15 is 0 Å². The molecule has 0 radical (unpaired) electrons. The number of halogens is 1. The monoisotopic (exact) mass is 242 g/mol. The van der Waals surface area contributed by atoms with E-state index < -0.39 is 11.4 Å². The summed E-state index contributed by atoms with van der Waals surface area (Å²) in [6.45, 7) is 3.37. The Labute approximate surface area is 101 Å². The maximum atomic E-state index is 13.9. The summed E-state index contributed by atoms with van der Waals surface area (Å²) in [5.74, 6) is -0.248. The van der Waals surface area contributed by atoms with Crippen LogP contribution in [0.2, 0.25) is 0 Å². The molecule has 0 aromatic heterocycles. The van der Waals surface area contributed by atoms with Gasteiger partial charge in [0.1, 0.15) is 0 Å². The van der Waals surface area contributed by atoms with Gasteiger partial charge in [0.05, 0.1) is 18.8 Å². The van der Waals surface area contributed by atoms with Gasteiger partial charge in [0.15, 0.2) is 11.6 Å². The fraction of sp³-hybridized carbons (Fsp3) is 0.538. The van der Waals surface area contributed by atoms with Gasteiger partial charge in [-0.05, 0) is 25.5 Å². The van der Waals surface area contributed by atoms with E-state index in [1.54, 1.807) is 32.0 Å². The molecule has 4 heteroatoms. The van der Waals surface area contributed by atoms with Crippen LogP contribution in [-0.2, 0) is 11.2 Å². The Bertz CT molecular complexity index is 377. The van der Waals surface area contributed by atoms with Crippen LogP contribution in [0.3, 0.4) is 0 Å². The molecular weight excluding hydrogens is 223 g/mol. The Hall–Kier alpha value is -1.13. The summed E-state index contributed by atoms with van der Waals surface area (Å²) in [6, 6.07) is 4.88. The summed E-state index contributed by atoms with van der Waals surface area (Å²) in [4.78, 5) is 0. The molecule has 0 fully saturated rings. The highest BCUT2D eigenvalue weighted by atomic mass is 19.1. The minimum Gasteiger partial charge on any atom is -0.494 e. The summed E-state index contributed by atoms with van der Waals surface area (Å²) >= 11 is 0. The first-order chi connectivity index (χ1) is 7.92. The predicted molar refractivity (Wildman–Crippen MR) is 63.8 cm³/mol. The van der Waals surface area contributed by atoms with Crippen molar-refractivity contribution < 1.29 is 19.0 Å². The third kappa shape index (κ3) is 3.17. The van der Waals surface area contributed by atoms with Crippen molar-refractivity contribution in [3.8, 4) is 5.75 Å². The minimum atomic E-state index is -1.12. The van der Waals surface area contributed by atoms with Gasteiger partial charge < -0.3 is 14.6 Å². The molecule has 0 aliphatic carbocycles. The molecule has 1 N–H and O–H groups in total. The smallest absolute Gasteiger partial charge is 0.168 e. The lowest BCUT2D eigenvalue weighted by Gasteiger charge is -2.29. The van der Waals surface area contributed by atoms with Crippen molar-refractivity contribution in [3.05, 3.63) is 29.6 Å². The second kappa shape index (κ2) is 5.47. The summed E-state index contributed by atoms with van der Waals surface area (Å²) in [5.41, 5.74) is -0.708. The average molecular weight is 242 g/mol.